The van der Waals surface area contributed by atoms with Gasteiger partial charge in [0.2, 0.25) is 0 Å². The maximum absolute atomic E-state index is 13.8. The quantitative estimate of drug-likeness (QED) is 0.475. The van der Waals surface area contributed by atoms with Crippen molar-refractivity contribution < 1.29 is 0 Å². The molecule has 5 rings (SSSR count). The lowest BCUT2D eigenvalue weighted by Gasteiger charge is -2.34. The van der Waals surface area contributed by atoms with Gasteiger partial charge < -0.3 is 9.71 Å². The first kappa shape index (κ1) is 20.5. The largest absolute Gasteiger partial charge is 0.369 e. The molecule has 0 spiro atoms. The number of anilines is 1. The Labute approximate surface area is 189 Å². The van der Waals surface area contributed by atoms with E-state index in [1.54, 1.807) is 0 Å². The lowest BCUT2D eigenvalue weighted by molar-refractivity contribution is 0.415. The molecule has 1 saturated heterocycles. The van der Waals surface area contributed by atoms with E-state index in [-0.39, 0.29) is 11.6 Å². The number of fused-ring (bicyclic) bond motifs is 1. The molecule has 1 aromatic heterocycles. The number of aromatic nitrogens is 2. The number of nitrogens with zero attached hydrogens (tertiary/aromatic N) is 4. The first-order valence-electron chi connectivity index (χ1n) is 11.2. The van der Waals surface area contributed by atoms with Crippen molar-refractivity contribution in [1.82, 2.24) is 14.4 Å². The molecule has 1 aliphatic heterocycles. The molecule has 6 heteroatoms. The van der Waals surface area contributed by atoms with E-state index in [9.17, 15) is 4.79 Å². The second kappa shape index (κ2) is 8.63. The molecule has 2 heterocycles. The van der Waals surface area contributed by atoms with Crippen molar-refractivity contribution in [3.8, 4) is 0 Å². The van der Waals surface area contributed by atoms with Gasteiger partial charge in [0.25, 0.3) is 5.56 Å². The summed E-state index contributed by atoms with van der Waals surface area (Å²) in [5.74, 6) is 0.718. The summed E-state index contributed by atoms with van der Waals surface area (Å²) in [7, 11) is 2.15. The van der Waals surface area contributed by atoms with E-state index in [1.165, 1.54) is 0 Å². The molecule has 1 aliphatic rings. The van der Waals surface area contributed by atoms with E-state index >= 15 is 0 Å². The summed E-state index contributed by atoms with van der Waals surface area (Å²) in [5, 5.41) is 0.658. The van der Waals surface area contributed by atoms with E-state index in [1.807, 2.05) is 54.0 Å². The van der Waals surface area contributed by atoms with Crippen LogP contribution in [0.3, 0.4) is 0 Å². The van der Waals surface area contributed by atoms with Crippen molar-refractivity contribution >= 4 is 24.6 Å². The van der Waals surface area contributed by atoms with Crippen molar-refractivity contribution in [2.24, 2.45) is 0 Å². The second-order valence-corrected chi connectivity index (χ2v) is 8.55. The molecular formula is C26H27BN4O. The van der Waals surface area contributed by atoms with Crippen molar-refractivity contribution in [2.45, 2.75) is 13.0 Å². The Morgan fingerprint density at radius 3 is 2.03 bits per heavy atom. The Morgan fingerprint density at radius 2 is 1.44 bits per heavy atom. The van der Waals surface area contributed by atoms with Gasteiger partial charge in [0.1, 0.15) is 5.82 Å². The molecule has 0 N–H and O–H groups in total. The van der Waals surface area contributed by atoms with Crippen LogP contribution in [-0.4, -0.2) is 48.5 Å². The van der Waals surface area contributed by atoms with Crippen LogP contribution in [0.15, 0.2) is 83.7 Å². The second-order valence-electron chi connectivity index (χ2n) is 8.55. The van der Waals surface area contributed by atoms with Gasteiger partial charge in [0, 0.05) is 31.9 Å². The highest BCUT2D eigenvalue weighted by Crippen LogP contribution is 2.28. The minimum atomic E-state index is -0.223. The van der Waals surface area contributed by atoms with Crippen molar-refractivity contribution in [1.29, 1.82) is 0 Å². The van der Waals surface area contributed by atoms with E-state index in [2.05, 4.69) is 54.1 Å². The molecular weight excluding hydrogens is 395 g/mol. The molecule has 4 aromatic rings. The third kappa shape index (κ3) is 3.82. The minimum absolute atomic E-state index is 0.00451. The van der Waals surface area contributed by atoms with E-state index in [4.69, 9.17) is 4.98 Å². The molecule has 5 nitrogen and oxygen atoms in total. The van der Waals surface area contributed by atoms with Gasteiger partial charge in [-0.05, 0) is 36.2 Å². The summed E-state index contributed by atoms with van der Waals surface area (Å²) in [6.07, 6.45) is 0. The number of hydrogen-bond donors (Lipinski definition) is 0. The summed E-state index contributed by atoms with van der Waals surface area (Å²) in [6.45, 7) is 6.00. The number of aryl methyl sites for hydroxylation is 1. The van der Waals surface area contributed by atoms with Crippen LogP contribution in [-0.2, 0) is 0 Å². The predicted molar refractivity (Wildman–Crippen MR) is 133 cm³/mol. The van der Waals surface area contributed by atoms with Crippen LogP contribution in [0.5, 0.6) is 0 Å². The zero-order valence-corrected chi connectivity index (χ0v) is 18.6. The number of benzene rings is 3. The Morgan fingerprint density at radius 1 is 0.844 bits per heavy atom. The van der Waals surface area contributed by atoms with Crippen LogP contribution in [0.1, 0.15) is 23.0 Å². The average Bonchev–Trinajstić information content (AvgIpc) is 2.83. The van der Waals surface area contributed by atoms with E-state index in [0.29, 0.717) is 5.39 Å². The van der Waals surface area contributed by atoms with Crippen molar-refractivity contribution in [2.75, 3.05) is 31.1 Å². The highest BCUT2D eigenvalue weighted by atomic mass is 16.1. The normalized spacial score (nSPS) is 14.9. The van der Waals surface area contributed by atoms with Gasteiger partial charge in [-0.15, -0.1) is 0 Å². The lowest BCUT2D eigenvalue weighted by atomic mass is 9.98. The Hall–Kier alpha value is -3.38. The van der Waals surface area contributed by atoms with E-state index in [0.717, 1.165) is 54.3 Å². The van der Waals surface area contributed by atoms with Gasteiger partial charge >= 0.3 is 0 Å². The molecule has 1 fully saturated rings. The predicted octanol–water partition coefficient (Wildman–Crippen LogP) is 3.01. The zero-order valence-electron chi connectivity index (χ0n) is 18.6. The maximum Gasteiger partial charge on any atom is 0.262 e. The van der Waals surface area contributed by atoms with Crippen LogP contribution in [0, 0.1) is 6.92 Å². The highest BCUT2D eigenvalue weighted by molar-refractivity contribution is 6.04. The summed E-state index contributed by atoms with van der Waals surface area (Å²) >= 11 is 0. The van der Waals surface area contributed by atoms with Gasteiger partial charge in [0.05, 0.1) is 16.9 Å². The van der Waals surface area contributed by atoms with Gasteiger partial charge in [-0.25, -0.2) is 4.98 Å². The Kier molecular flexibility index (Phi) is 5.54. The first-order chi connectivity index (χ1) is 15.6. The van der Waals surface area contributed by atoms with Crippen LogP contribution in [0.2, 0.25) is 0 Å². The molecule has 3 aromatic carbocycles. The zero-order chi connectivity index (χ0) is 22.1. The molecule has 0 saturated carbocycles. The smallest absolute Gasteiger partial charge is 0.262 e. The fraction of sp³-hybridized carbons (Fsp3) is 0.231. The molecule has 0 radical (unpaired) electrons. The van der Waals surface area contributed by atoms with Gasteiger partial charge in [-0.2, -0.15) is 0 Å². The van der Waals surface area contributed by atoms with Crippen molar-refractivity contribution in [3.05, 3.63) is 106 Å². The summed E-state index contributed by atoms with van der Waals surface area (Å²) in [6, 6.07) is 26.2. The van der Waals surface area contributed by atoms with Crippen LogP contribution < -0.4 is 10.5 Å². The average molecular weight is 422 g/mol. The topological polar surface area (TPSA) is 41.4 Å². The lowest BCUT2D eigenvalue weighted by Crippen LogP contribution is -2.45. The maximum atomic E-state index is 13.8. The molecule has 0 atom stereocenters. The van der Waals surface area contributed by atoms with Crippen molar-refractivity contribution in [3.63, 3.8) is 0 Å². The van der Waals surface area contributed by atoms with Crippen LogP contribution in [0.4, 0.5) is 5.69 Å². The summed E-state index contributed by atoms with van der Waals surface area (Å²) < 4.78 is 1.84. The molecule has 160 valence electrons. The van der Waals surface area contributed by atoms with Gasteiger partial charge in [-0.1, -0.05) is 60.7 Å². The molecule has 0 aliphatic carbocycles. The van der Waals surface area contributed by atoms with Gasteiger partial charge in [-0.3, -0.25) is 9.36 Å². The van der Waals surface area contributed by atoms with Gasteiger partial charge in [0.15, 0.2) is 7.98 Å². The standard InChI is InChI=1S/C26H27BN4O/c1-19-28-24-18-22(29-14-16-30(27)17-15-29)12-13-23(24)26(32)31(19)25(20-8-4-2-5-9-20)21-10-6-3-7-11-21/h2-13,18,25H,14-17,27H2,1H3. The number of rotatable bonds is 4. The number of piperazine rings is 1. The Bertz CT molecular complexity index is 1240. The first-order valence-corrected chi connectivity index (χ1v) is 11.2. The molecule has 0 amide bonds. The van der Waals surface area contributed by atoms with Crippen LogP contribution in [0.25, 0.3) is 10.9 Å². The Balaban J connectivity index is 1.63. The third-order valence-corrected chi connectivity index (χ3v) is 6.42. The molecule has 0 bridgehead atoms. The van der Waals surface area contributed by atoms with E-state index < -0.39 is 0 Å². The SMILES string of the molecule is BN1CCN(c2ccc3c(=O)n(C(c4ccccc4)c4ccccc4)c(C)nc3c2)CC1. The highest BCUT2D eigenvalue weighted by Gasteiger charge is 2.22. The monoisotopic (exact) mass is 422 g/mol. The molecule has 0 unspecified atom stereocenters. The minimum Gasteiger partial charge on any atom is -0.369 e. The third-order valence-electron chi connectivity index (χ3n) is 6.42. The molecule has 32 heavy (non-hydrogen) atoms. The van der Waals surface area contributed by atoms with Crippen LogP contribution >= 0.6 is 0 Å². The number of hydrogen-bond acceptors (Lipinski definition) is 4. The fourth-order valence-electron chi connectivity index (χ4n) is 4.62. The summed E-state index contributed by atoms with van der Waals surface area (Å²) in [4.78, 5) is 23.4. The summed E-state index contributed by atoms with van der Waals surface area (Å²) in [5.41, 5.74) is 4.03. The fourth-order valence-corrected chi connectivity index (χ4v) is 4.62.